The third kappa shape index (κ3) is 6.28. The van der Waals surface area contributed by atoms with Crippen molar-refractivity contribution < 1.29 is 23.9 Å². The number of nitrogens with one attached hydrogen (secondary N) is 2. The van der Waals surface area contributed by atoms with Crippen LogP contribution in [-0.4, -0.2) is 57.7 Å². The third-order valence-corrected chi connectivity index (χ3v) is 5.33. The van der Waals surface area contributed by atoms with Crippen molar-refractivity contribution in [1.29, 1.82) is 0 Å². The number of morpholine rings is 1. The zero-order chi connectivity index (χ0) is 22.2. The maximum Gasteiger partial charge on any atom is 0.340 e. The number of methoxy groups -OCH3 is 1. The first kappa shape index (κ1) is 22.8. The highest BCUT2D eigenvalue weighted by atomic mass is 79.9. The van der Waals surface area contributed by atoms with E-state index in [0.717, 1.165) is 23.2 Å². The molecule has 2 N–H and O–H groups in total. The molecule has 2 amide bonds. The minimum atomic E-state index is -0.533. The first-order valence-corrected chi connectivity index (χ1v) is 10.7. The van der Waals surface area contributed by atoms with Crippen LogP contribution in [0.2, 0.25) is 0 Å². The molecule has 1 saturated heterocycles. The Bertz CT molecular complexity index is 943. The number of amides is 2. The molecule has 0 unspecified atom stereocenters. The molecule has 0 radical (unpaired) electrons. The van der Waals surface area contributed by atoms with Crippen LogP contribution in [0.3, 0.4) is 0 Å². The van der Waals surface area contributed by atoms with Gasteiger partial charge < -0.3 is 25.0 Å². The summed E-state index contributed by atoms with van der Waals surface area (Å²) >= 11 is 3.32. The number of halogens is 1. The summed E-state index contributed by atoms with van der Waals surface area (Å²) in [6.45, 7) is 2.87. The summed E-state index contributed by atoms with van der Waals surface area (Å²) in [7, 11) is 1.30. The molecule has 0 atom stereocenters. The van der Waals surface area contributed by atoms with E-state index in [9.17, 15) is 14.4 Å². The number of carbonyl (C=O) groups excluding carboxylic acids is 3. The van der Waals surface area contributed by atoms with Gasteiger partial charge in [-0.05, 0) is 42.5 Å². The lowest BCUT2D eigenvalue weighted by Crippen LogP contribution is -2.36. The van der Waals surface area contributed by atoms with Gasteiger partial charge in [-0.15, -0.1) is 0 Å². The highest BCUT2D eigenvalue weighted by Gasteiger charge is 2.18. The average Bonchev–Trinajstić information content (AvgIpc) is 2.79. The van der Waals surface area contributed by atoms with Crippen LogP contribution in [0.15, 0.2) is 46.9 Å². The minimum absolute atomic E-state index is 0.0636. The normalized spacial score (nSPS) is 13.4. The number of nitrogens with zero attached hydrogens (tertiary/aromatic N) is 1. The number of ether oxygens (including phenoxy) is 2. The van der Waals surface area contributed by atoms with E-state index in [4.69, 9.17) is 9.47 Å². The van der Waals surface area contributed by atoms with Crippen LogP contribution in [0.5, 0.6) is 0 Å². The molecule has 164 valence electrons. The van der Waals surface area contributed by atoms with Gasteiger partial charge in [0.05, 0.1) is 31.6 Å². The number of esters is 1. The molecular weight excluding hydrogens is 466 g/mol. The molecule has 0 bridgehead atoms. The van der Waals surface area contributed by atoms with Crippen LogP contribution in [0.25, 0.3) is 0 Å². The monoisotopic (exact) mass is 489 g/mol. The first-order chi connectivity index (χ1) is 15.0. The number of anilines is 2. The quantitative estimate of drug-likeness (QED) is 0.580. The van der Waals surface area contributed by atoms with Gasteiger partial charge in [0.15, 0.2) is 0 Å². The number of hydrogen-bond donors (Lipinski definition) is 2. The van der Waals surface area contributed by atoms with Crippen molar-refractivity contribution in [1.82, 2.24) is 5.32 Å². The van der Waals surface area contributed by atoms with E-state index in [0.29, 0.717) is 24.5 Å². The van der Waals surface area contributed by atoms with Crippen LogP contribution in [0.1, 0.15) is 27.1 Å². The zero-order valence-corrected chi connectivity index (χ0v) is 18.7. The Labute approximate surface area is 189 Å². The second-order valence-corrected chi connectivity index (χ2v) is 7.80. The average molecular weight is 490 g/mol. The lowest BCUT2D eigenvalue weighted by Gasteiger charge is -2.29. The number of carbonyl (C=O) groups is 3. The molecule has 3 rings (SSSR count). The molecular formula is C22H24BrN3O5. The van der Waals surface area contributed by atoms with E-state index in [1.165, 1.54) is 7.11 Å². The van der Waals surface area contributed by atoms with E-state index in [2.05, 4.69) is 31.5 Å². The van der Waals surface area contributed by atoms with Crippen molar-refractivity contribution >= 4 is 45.1 Å². The Morgan fingerprint density at radius 2 is 1.81 bits per heavy atom. The summed E-state index contributed by atoms with van der Waals surface area (Å²) in [5, 5.41) is 5.45. The van der Waals surface area contributed by atoms with Crippen molar-refractivity contribution in [3.05, 3.63) is 58.1 Å². The highest BCUT2D eigenvalue weighted by molar-refractivity contribution is 9.10. The summed E-state index contributed by atoms with van der Waals surface area (Å²) in [4.78, 5) is 38.9. The van der Waals surface area contributed by atoms with E-state index in [1.807, 2.05) is 6.07 Å². The number of rotatable bonds is 7. The van der Waals surface area contributed by atoms with Gasteiger partial charge >= 0.3 is 5.97 Å². The van der Waals surface area contributed by atoms with Crippen LogP contribution in [-0.2, 0) is 14.3 Å². The van der Waals surface area contributed by atoms with Crippen molar-refractivity contribution in [3.8, 4) is 0 Å². The van der Waals surface area contributed by atoms with Gasteiger partial charge in [-0.3, -0.25) is 9.59 Å². The maximum absolute atomic E-state index is 12.4. The Morgan fingerprint density at radius 1 is 1.10 bits per heavy atom. The lowest BCUT2D eigenvalue weighted by atomic mass is 10.1. The number of hydrogen-bond acceptors (Lipinski definition) is 6. The molecule has 2 aromatic carbocycles. The Kier molecular flexibility index (Phi) is 8.02. The van der Waals surface area contributed by atoms with Crippen LogP contribution < -0.4 is 15.5 Å². The molecule has 0 aliphatic carbocycles. The number of benzene rings is 2. The standard InChI is InChI=1S/C22H24BrN3O5/c1-30-22(29)18-14-17(26-10-12-31-13-11-26)6-7-19(18)25-20(27)8-9-24-21(28)15-2-4-16(23)5-3-15/h2-7,14H,8-13H2,1H3,(H,24,28)(H,25,27). The second kappa shape index (κ2) is 10.9. The molecule has 9 heteroatoms. The molecule has 0 spiro atoms. The van der Waals surface area contributed by atoms with Crippen LogP contribution in [0.4, 0.5) is 11.4 Å². The van der Waals surface area contributed by atoms with Crippen molar-refractivity contribution in [2.75, 3.05) is 50.2 Å². The topological polar surface area (TPSA) is 97.0 Å². The predicted octanol–water partition coefficient (Wildman–Crippen LogP) is 2.83. The van der Waals surface area contributed by atoms with Gasteiger partial charge in [-0.1, -0.05) is 15.9 Å². The van der Waals surface area contributed by atoms with Crippen molar-refractivity contribution in [2.24, 2.45) is 0 Å². The fourth-order valence-corrected chi connectivity index (χ4v) is 3.41. The minimum Gasteiger partial charge on any atom is -0.465 e. The largest absolute Gasteiger partial charge is 0.465 e. The molecule has 1 fully saturated rings. The SMILES string of the molecule is COC(=O)c1cc(N2CCOCC2)ccc1NC(=O)CCNC(=O)c1ccc(Br)cc1. The highest BCUT2D eigenvalue weighted by Crippen LogP contribution is 2.25. The molecule has 0 aromatic heterocycles. The van der Waals surface area contributed by atoms with E-state index in [-0.39, 0.29) is 30.3 Å². The maximum atomic E-state index is 12.4. The zero-order valence-electron chi connectivity index (χ0n) is 17.2. The molecule has 31 heavy (non-hydrogen) atoms. The second-order valence-electron chi connectivity index (χ2n) is 6.88. The Hall–Kier alpha value is -2.91. The fraction of sp³-hybridized carbons (Fsp3) is 0.318. The lowest BCUT2D eigenvalue weighted by molar-refractivity contribution is -0.116. The summed E-state index contributed by atoms with van der Waals surface area (Å²) in [5.74, 6) is -1.11. The summed E-state index contributed by atoms with van der Waals surface area (Å²) in [6.07, 6.45) is 0.0636. The Morgan fingerprint density at radius 3 is 2.48 bits per heavy atom. The van der Waals surface area contributed by atoms with Crippen LogP contribution >= 0.6 is 15.9 Å². The van der Waals surface area contributed by atoms with Gasteiger partial charge in [0, 0.05) is 41.8 Å². The van der Waals surface area contributed by atoms with Gasteiger partial charge in [-0.2, -0.15) is 0 Å². The van der Waals surface area contributed by atoms with E-state index < -0.39 is 5.97 Å². The molecule has 2 aromatic rings. The summed E-state index contributed by atoms with van der Waals surface area (Å²) in [5.41, 5.74) is 2.02. The molecule has 1 aliphatic heterocycles. The predicted molar refractivity (Wildman–Crippen MR) is 121 cm³/mol. The van der Waals surface area contributed by atoms with Crippen molar-refractivity contribution in [2.45, 2.75) is 6.42 Å². The molecule has 8 nitrogen and oxygen atoms in total. The van der Waals surface area contributed by atoms with Gasteiger partial charge in [-0.25, -0.2) is 4.79 Å². The Balaban J connectivity index is 1.59. The van der Waals surface area contributed by atoms with Crippen molar-refractivity contribution in [3.63, 3.8) is 0 Å². The van der Waals surface area contributed by atoms with Gasteiger partial charge in [0.25, 0.3) is 5.91 Å². The van der Waals surface area contributed by atoms with Crippen LogP contribution in [0, 0.1) is 0 Å². The van der Waals surface area contributed by atoms with Gasteiger partial charge in [0.1, 0.15) is 0 Å². The van der Waals surface area contributed by atoms with E-state index in [1.54, 1.807) is 36.4 Å². The summed E-state index contributed by atoms with van der Waals surface area (Å²) in [6, 6.07) is 12.2. The third-order valence-electron chi connectivity index (χ3n) is 4.80. The molecule has 1 heterocycles. The van der Waals surface area contributed by atoms with Gasteiger partial charge in [0.2, 0.25) is 5.91 Å². The molecule has 0 saturated carbocycles. The smallest absolute Gasteiger partial charge is 0.340 e. The fourth-order valence-electron chi connectivity index (χ4n) is 3.14. The van der Waals surface area contributed by atoms with E-state index >= 15 is 0 Å². The molecule has 1 aliphatic rings. The first-order valence-electron chi connectivity index (χ1n) is 9.86. The summed E-state index contributed by atoms with van der Waals surface area (Å²) < 4.78 is 11.1.